The van der Waals surface area contributed by atoms with Crippen LogP contribution >= 0.6 is 0 Å². The summed E-state index contributed by atoms with van der Waals surface area (Å²) < 4.78 is 5.64. The fourth-order valence-corrected chi connectivity index (χ4v) is 2.38. The molecule has 0 aliphatic carbocycles. The number of carboxylic acids is 1. The molecule has 0 saturated carbocycles. The highest BCUT2D eigenvalue weighted by atomic mass is 16.5. The van der Waals surface area contributed by atoms with Crippen molar-refractivity contribution < 1.29 is 14.6 Å². The van der Waals surface area contributed by atoms with Gasteiger partial charge in [-0.2, -0.15) is 0 Å². The lowest BCUT2D eigenvalue weighted by Gasteiger charge is -2.21. The summed E-state index contributed by atoms with van der Waals surface area (Å²) in [4.78, 5) is 12.9. The Balaban J connectivity index is 1.94. The van der Waals surface area contributed by atoms with E-state index < -0.39 is 5.97 Å². The van der Waals surface area contributed by atoms with Gasteiger partial charge in [-0.1, -0.05) is 24.3 Å². The van der Waals surface area contributed by atoms with Crippen molar-refractivity contribution in [3.05, 3.63) is 41.5 Å². The maximum absolute atomic E-state index is 10.5. The highest BCUT2D eigenvalue weighted by molar-refractivity contribution is 5.85. The first-order valence-corrected chi connectivity index (χ1v) is 6.97. The van der Waals surface area contributed by atoms with Crippen LogP contribution in [-0.2, 0) is 16.1 Å². The quantitative estimate of drug-likeness (QED) is 0.857. The second kappa shape index (κ2) is 7.22. The Hall–Kier alpha value is -1.65. The third kappa shape index (κ3) is 4.79. The molecule has 0 bridgehead atoms. The largest absolute Gasteiger partial charge is 0.478 e. The third-order valence-corrected chi connectivity index (χ3v) is 3.34. The molecule has 0 spiro atoms. The number of benzene rings is 1. The summed E-state index contributed by atoms with van der Waals surface area (Å²) in [6, 6.07) is 8.01. The summed E-state index contributed by atoms with van der Waals surface area (Å²) in [5, 5.41) is 8.59. The second-order valence-corrected chi connectivity index (χ2v) is 5.18. The van der Waals surface area contributed by atoms with Crippen LogP contribution in [0.15, 0.2) is 30.3 Å². The summed E-state index contributed by atoms with van der Waals surface area (Å²) in [7, 11) is 0. The standard InChI is InChI=1S/C16H21NO3/c1-13-11-17(9-2-10-20-13)12-15-5-3-14(4-6-15)7-8-16(18)19/h3-8,13H,2,9-12H2,1H3,(H,18,19). The van der Waals surface area contributed by atoms with Gasteiger partial charge in [0.2, 0.25) is 0 Å². The van der Waals surface area contributed by atoms with E-state index in [1.165, 1.54) is 5.56 Å². The van der Waals surface area contributed by atoms with Crippen molar-refractivity contribution in [1.82, 2.24) is 4.90 Å². The van der Waals surface area contributed by atoms with Crippen LogP contribution < -0.4 is 0 Å². The molecule has 1 aromatic rings. The molecule has 1 N–H and O–H groups in total. The molecule has 0 amide bonds. The number of aliphatic carboxylic acids is 1. The highest BCUT2D eigenvalue weighted by Gasteiger charge is 2.14. The Labute approximate surface area is 119 Å². The zero-order valence-electron chi connectivity index (χ0n) is 11.8. The summed E-state index contributed by atoms with van der Waals surface area (Å²) in [6.45, 7) is 5.89. The number of carbonyl (C=O) groups is 1. The Morgan fingerprint density at radius 1 is 1.45 bits per heavy atom. The van der Waals surface area contributed by atoms with Gasteiger partial charge in [0.15, 0.2) is 0 Å². The Morgan fingerprint density at radius 3 is 2.90 bits per heavy atom. The van der Waals surface area contributed by atoms with Crippen LogP contribution in [0, 0.1) is 0 Å². The lowest BCUT2D eigenvalue weighted by Crippen LogP contribution is -2.29. The van der Waals surface area contributed by atoms with Gasteiger partial charge in [0, 0.05) is 32.3 Å². The van der Waals surface area contributed by atoms with Crippen LogP contribution in [0.1, 0.15) is 24.5 Å². The zero-order chi connectivity index (χ0) is 14.4. The molecule has 1 atom stereocenters. The molecule has 0 radical (unpaired) electrons. The van der Waals surface area contributed by atoms with Gasteiger partial charge >= 0.3 is 5.97 Å². The van der Waals surface area contributed by atoms with E-state index in [-0.39, 0.29) is 6.10 Å². The molecule has 1 unspecified atom stereocenters. The zero-order valence-corrected chi connectivity index (χ0v) is 11.8. The number of nitrogens with zero attached hydrogens (tertiary/aromatic N) is 1. The maximum atomic E-state index is 10.5. The normalized spacial score (nSPS) is 20.9. The molecule has 1 aliphatic heterocycles. The summed E-state index contributed by atoms with van der Waals surface area (Å²) >= 11 is 0. The van der Waals surface area contributed by atoms with Crippen molar-refractivity contribution in [2.75, 3.05) is 19.7 Å². The topological polar surface area (TPSA) is 49.8 Å². The number of rotatable bonds is 4. The van der Waals surface area contributed by atoms with Gasteiger partial charge in [-0.05, 0) is 30.5 Å². The fraction of sp³-hybridized carbons (Fsp3) is 0.438. The minimum atomic E-state index is -0.923. The summed E-state index contributed by atoms with van der Waals surface area (Å²) in [5.74, 6) is -0.923. The van der Waals surface area contributed by atoms with E-state index in [0.29, 0.717) is 0 Å². The van der Waals surface area contributed by atoms with Crippen molar-refractivity contribution in [2.24, 2.45) is 0 Å². The van der Waals surface area contributed by atoms with Crippen molar-refractivity contribution in [2.45, 2.75) is 26.0 Å². The second-order valence-electron chi connectivity index (χ2n) is 5.18. The average molecular weight is 275 g/mol. The van der Waals surface area contributed by atoms with Gasteiger partial charge in [-0.15, -0.1) is 0 Å². The predicted octanol–water partition coefficient (Wildman–Crippen LogP) is 2.40. The molecular weight excluding hydrogens is 254 g/mol. The van der Waals surface area contributed by atoms with Gasteiger partial charge in [-0.25, -0.2) is 4.79 Å². The molecule has 1 saturated heterocycles. The SMILES string of the molecule is CC1CN(Cc2ccc(C=CC(=O)O)cc2)CCCO1. The first-order chi connectivity index (χ1) is 9.63. The van der Waals surface area contributed by atoms with E-state index >= 15 is 0 Å². The van der Waals surface area contributed by atoms with Gasteiger partial charge in [0.25, 0.3) is 0 Å². The van der Waals surface area contributed by atoms with E-state index in [0.717, 1.165) is 44.3 Å². The van der Waals surface area contributed by atoms with Crippen molar-refractivity contribution in [3.8, 4) is 0 Å². The molecule has 20 heavy (non-hydrogen) atoms. The molecule has 1 fully saturated rings. The molecule has 108 valence electrons. The van der Waals surface area contributed by atoms with Crippen molar-refractivity contribution >= 4 is 12.0 Å². The third-order valence-electron chi connectivity index (χ3n) is 3.34. The minimum Gasteiger partial charge on any atom is -0.478 e. The van der Waals surface area contributed by atoms with Crippen molar-refractivity contribution in [1.29, 1.82) is 0 Å². The molecule has 1 aromatic carbocycles. The van der Waals surface area contributed by atoms with E-state index in [1.54, 1.807) is 6.08 Å². The Morgan fingerprint density at radius 2 is 2.20 bits per heavy atom. The Kier molecular flexibility index (Phi) is 5.32. The van der Waals surface area contributed by atoms with Gasteiger partial charge < -0.3 is 9.84 Å². The number of carboxylic acid groups (broad SMARTS) is 1. The smallest absolute Gasteiger partial charge is 0.328 e. The molecule has 2 rings (SSSR count). The molecule has 1 heterocycles. The first kappa shape index (κ1) is 14.8. The van der Waals surface area contributed by atoms with Gasteiger partial charge in [0.1, 0.15) is 0 Å². The number of hydrogen-bond donors (Lipinski definition) is 1. The number of hydrogen-bond acceptors (Lipinski definition) is 3. The number of ether oxygens (including phenoxy) is 1. The van der Waals surface area contributed by atoms with E-state index in [1.807, 2.05) is 12.1 Å². The van der Waals surface area contributed by atoms with Crippen molar-refractivity contribution in [3.63, 3.8) is 0 Å². The summed E-state index contributed by atoms with van der Waals surface area (Å²) in [6.07, 6.45) is 4.12. The minimum absolute atomic E-state index is 0.287. The maximum Gasteiger partial charge on any atom is 0.328 e. The van der Waals surface area contributed by atoms with Crippen LogP contribution in [0.25, 0.3) is 6.08 Å². The molecule has 1 aliphatic rings. The van der Waals surface area contributed by atoms with Crippen LogP contribution in [0.4, 0.5) is 0 Å². The summed E-state index contributed by atoms with van der Waals surface area (Å²) in [5.41, 5.74) is 2.15. The average Bonchev–Trinajstić information content (AvgIpc) is 2.62. The van der Waals surface area contributed by atoms with E-state index in [2.05, 4.69) is 24.0 Å². The Bertz CT molecular complexity index is 467. The van der Waals surface area contributed by atoms with Gasteiger partial charge in [0.05, 0.1) is 6.10 Å². The monoisotopic (exact) mass is 275 g/mol. The first-order valence-electron chi connectivity index (χ1n) is 6.97. The molecule has 4 heteroatoms. The fourth-order valence-electron chi connectivity index (χ4n) is 2.38. The van der Waals surface area contributed by atoms with Crippen LogP contribution in [0.3, 0.4) is 0 Å². The van der Waals surface area contributed by atoms with Crippen LogP contribution in [0.2, 0.25) is 0 Å². The van der Waals surface area contributed by atoms with Crippen LogP contribution in [0.5, 0.6) is 0 Å². The highest BCUT2D eigenvalue weighted by Crippen LogP contribution is 2.12. The molecule has 4 nitrogen and oxygen atoms in total. The molecule has 0 aromatic heterocycles. The van der Waals surface area contributed by atoms with E-state index in [9.17, 15) is 4.79 Å². The van der Waals surface area contributed by atoms with Crippen LogP contribution in [-0.4, -0.2) is 41.8 Å². The lowest BCUT2D eigenvalue weighted by molar-refractivity contribution is -0.131. The van der Waals surface area contributed by atoms with E-state index in [4.69, 9.17) is 9.84 Å². The molecular formula is C16H21NO3. The lowest BCUT2D eigenvalue weighted by atomic mass is 10.1. The predicted molar refractivity (Wildman–Crippen MR) is 78.4 cm³/mol. The van der Waals surface area contributed by atoms with Gasteiger partial charge in [-0.3, -0.25) is 4.90 Å².